The fourth-order valence-corrected chi connectivity index (χ4v) is 2.16. The lowest BCUT2D eigenvalue weighted by atomic mass is 10.1. The molecule has 0 radical (unpaired) electrons. The number of imidazole rings is 1. The summed E-state index contributed by atoms with van der Waals surface area (Å²) in [5.74, 6) is 0. The maximum atomic E-state index is 3.97. The van der Waals surface area contributed by atoms with E-state index < -0.39 is 0 Å². The molecule has 2 nitrogen and oxygen atoms in total. The highest BCUT2D eigenvalue weighted by molar-refractivity contribution is 9.10. The fourth-order valence-electron chi connectivity index (χ4n) is 1.68. The molecule has 0 aliphatic rings. The Morgan fingerprint density at radius 2 is 2.18 bits per heavy atom. The van der Waals surface area contributed by atoms with Gasteiger partial charge in [-0.05, 0) is 37.0 Å². The third kappa shape index (κ3) is 3.86. The number of nitrogens with zero attached hydrogens (tertiary/aromatic N) is 1. The van der Waals surface area contributed by atoms with Crippen molar-refractivity contribution in [2.24, 2.45) is 0 Å². The topological polar surface area (TPSA) is 28.7 Å². The fraction of sp³-hybridized carbons (Fsp3) is 0.214. The minimum atomic E-state index is 1.06. The van der Waals surface area contributed by atoms with Gasteiger partial charge in [0.25, 0.3) is 0 Å². The Balaban J connectivity index is 1.75. The second-order valence-electron chi connectivity index (χ2n) is 3.89. The van der Waals surface area contributed by atoms with Crippen LogP contribution in [0.1, 0.15) is 24.1 Å². The van der Waals surface area contributed by atoms with Crippen LogP contribution in [-0.2, 0) is 6.42 Å². The van der Waals surface area contributed by atoms with E-state index in [9.17, 15) is 0 Å². The number of nitrogens with one attached hydrogen (secondary N) is 1. The standard InChI is InChI=1S/C14H15BrN2/c15-14-9-5-4-7-12(14)6-2-1-3-8-13-10-16-11-17-13/h3-5,7-11H,1-2,6H2,(H,16,17). The summed E-state index contributed by atoms with van der Waals surface area (Å²) in [5.41, 5.74) is 2.44. The summed E-state index contributed by atoms with van der Waals surface area (Å²) < 4.78 is 1.21. The molecule has 1 heterocycles. The number of unbranched alkanes of at least 4 members (excludes halogenated alkanes) is 1. The van der Waals surface area contributed by atoms with Crippen molar-refractivity contribution in [3.63, 3.8) is 0 Å². The van der Waals surface area contributed by atoms with E-state index >= 15 is 0 Å². The number of rotatable bonds is 5. The average molecular weight is 291 g/mol. The molecule has 88 valence electrons. The van der Waals surface area contributed by atoms with Crippen molar-refractivity contribution in [1.29, 1.82) is 0 Å². The monoisotopic (exact) mass is 290 g/mol. The molecule has 1 N–H and O–H groups in total. The lowest BCUT2D eigenvalue weighted by Gasteiger charge is -2.01. The van der Waals surface area contributed by atoms with E-state index in [1.807, 2.05) is 12.3 Å². The number of aromatic amines is 1. The number of hydrogen-bond acceptors (Lipinski definition) is 1. The predicted octanol–water partition coefficient (Wildman–Crippen LogP) is 4.21. The van der Waals surface area contributed by atoms with Crippen molar-refractivity contribution in [3.05, 3.63) is 58.6 Å². The summed E-state index contributed by atoms with van der Waals surface area (Å²) in [5, 5.41) is 0. The molecule has 2 aromatic rings. The van der Waals surface area contributed by atoms with E-state index in [1.54, 1.807) is 6.33 Å². The maximum Gasteiger partial charge on any atom is 0.0924 e. The first-order valence-electron chi connectivity index (χ1n) is 5.74. The van der Waals surface area contributed by atoms with Gasteiger partial charge in [-0.2, -0.15) is 0 Å². The first-order valence-corrected chi connectivity index (χ1v) is 6.54. The van der Waals surface area contributed by atoms with Gasteiger partial charge in [0.2, 0.25) is 0 Å². The van der Waals surface area contributed by atoms with Gasteiger partial charge in [0, 0.05) is 4.47 Å². The van der Waals surface area contributed by atoms with Crippen molar-refractivity contribution in [1.82, 2.24) is 9.97 Å². The van der Waals surface area contributed by atoms with Crippen LogP contribution in [0.25, 0.3) is 6.08 Å². The number of halogens is 1. The van der Waals surface area contributed by atoms with Crippen molar-refractivity contribution in [2.75, 3.05) is 0 Å². The Kier molecular flexibility index (Phi) is 4.56. The van der Waals surface area contributed by atoms with Crippen LogP contribution in [0.3, 0.4) is 0 Å². The number of aryl methyl sites for hydroxylation is 1. The van der Waals surface area contributed by atoms with Crippen LogP contribution in [-0.4, -0.2) is 9.97 Å². The van der Waals surface area contributed by atoms with Gasteiger partial charge in [0.1, 0.15) is 0 Å². The van der Waals surface area contributed by atoms with Gasteiger partial charge in [-0.1, -0.05) is 40.2 Å². The van der Waals surface area contributed by atoms with Crippen molar-refractivity contribution < 1.29 is 0 Å². The average Bonchev–Trinajstić information content (AvgIpc) is 2.84. The molecule has 0 saturated heterocycles. The first kappa shape index (κ1) is 12.1. The van der Waals surface area contributed by atoms with E-state index in [4.69, 9.17) is 0 Å². The summed E-state index contributed by atoms with van der Waals surface area (Å²) in [6.45, 7) is 0. The Morgan fingerprint density at radius 3 is 2.94 bits per heavy atom. The summed E-state index contributed by atoms with van der Waals surface area (Å²) in [4.78, 5) is 7.02. The van der Waals surface area contributed by atoms with Gasteiger partial charge in [0.05, 0.1) is 18.2 Å². The first-order chi connectivity index (χ1) is 8.36. The zero-order valence-electron chi connectivity index (χ0n) is 9.57. The molecule has 0 fully saturated rings. The Bertz CT molecular complexity index is 475. The zero-order valence-corrected chi connectivity index (χ0v) is 11.2. The van der Waals surface area contributed by atoms with Crippen LogP contribution in [0.2, 0.25) is 0 Å². The second kappa shape index (κ2) is 6.40. The Labute approximate surface area is 110 Å². The smallest absolute Gasteiger partial charge is 0.0924 e. The molecule has 0 aliphatic carbocycles. The minimum absolute atomic E-state index is 1.06. The molecule has 0 bridgehead atoms. The SMILES string of the molecule is Brc1ccccc1CCCC=Cc1cnc[nH]1. The lowest BCUT2D eigenvalue weighted by molar-refractivity contribution is 0.841. The molecule has 17 heavy (non-hydrogen) atoms. The molecule has 0 amide bonds. The highest BCUT2D eigenvalue weighted by atomic mass is 79.9. The van der Waals surface area contributed by atoms with Crippen LogP contribution >= 0.6 is 15.9 Å². The molecule has 0 unspecified atom stereocenters. The third-order valence-corrected chi connectivity index (χ3v) is 3.37. The highest BCUT2D eigenvalue weighted by Crippen LogP contribution is 2.18. The molecular formula is C14H15BrN2. The lowest BCUT2D eigenvalue weighted by Crippen LogP contribution is -1.85. The third-order valence-electron chi connectivity index (χ3n) is 2.59. The van der Waals surface area contributed by atoms with Gasteiger partial charge in [-0.25, -0.2) is 4.98 Å². The summed E-state index contributed by atoms with van der Waals surface area (Å²) in [6, 6.07) is 8.39. The molecule has 0 saturated carbocycles. The zero-order chi connectivity index (χ0) is 11.9. The van der Waals surface area contributed by atoms with E-state index in [-0.39, 0.29) is 0 Å². The number of H-pyrrole nitrogens is 1. The number of aromatic nitrogens is 2. The molecule has 3 heteroatoms. The van der Waals surface area contributed by atoms with Crippen molar-refractivity contribution >= 4 is 22.0 Å². The van der Waals surface area contributed by atoms with Gasteiger partial charge in [0.15, 0.2) is 0 Å². The van der Waals surface area contributed by atoms with E-state index in [2.05, 4.69) is 56.2 Å². The van der Waals surface area contributed by atoms with E-state index in [1.165, 1.54) is 10.0 Å². The van der Waals surface area contributed by atoms with Gasteiger partial charge < -0.3 is 4.98 Å². The van der Waals surface area contributed by atoms with Gasteiger partial charge in [-0.3, -0.25) is 0 Å². The van der Waals surface area contributed by atoms with E-state index in [0.29, 0.717) is 0 Å². The number of benzene rings is 1. The Hall–Kier alpha value is -1.35. The van der Waals surface area contributed by atoms with Crippen molar-refractivity contribution in [2.45, 2.75) is 19.3 Å². The van der Waals surface area contributed by atoms with Gasteiger partial charge >= 0.3 is 0 Å². The molecule has 1 aromatic carbocycles. The van der Waals surface area contributed by atoms with Crippen molar-refractivity contribution in [3.8, 4) is 0 Å². The van der Waals surface area contributed by atoms with E-state index in [0.717, 1.165) is 25.0 Å². The molecule has 1 aromatic heterocycles. The minimum Gasteiger partial charge on any atom is -0.345 e. The van der Waals surface area contributed by atoms with Crippen LogP contribution in [0.5, 0.6) is 0 Å². The second-order valence-corrected chi connectivity index (χ2v) is 4.75. The summed E-state index contributed by atoms with van der Waals surface area (Å²) >= 11 is 3.57. The Morgan fingerprint density at radius 1 is 1.29 bits per heavy atom. The van der Waals surface area contributed by atoms with Crippen LogP contribution in [0, 0.1) is 0 Å². The number of hydrogen-bond donors (Lipinski definition) is 1. The van der Waals surface area contributed by atoms with Gasteiger partial charge in [-0.15, -0.1) is 0 Å². The van der Waals surface area contributed by atoms with Crippen LogP contribution in [0.4, 0.5) is 0 Å². The van der Waals surface area contributed by atoms with Crippen LogP contribution in [0.15, 0.2) is 47.3 Å². The normalized spacial score (nSPS) is 11.1. The molecule has 0 aliphatic heterocycles. The quantitative estimate of drug-likeness (QED) is 0.821. The molecular weight excluding hydrogens is 276 g/mol. The predicted molar refractivity (Wildman–Crippen MR) is 74.7 cm³/mol. The summed E-state index contributed by atoms with van der Waals surface area (Å²) in [6.07, 6.45) is 11.1. The highest BCUT2D eigenvalue weighted by Gasteiger charge is 1.96. The summed E-state index contributed by atoms with van der Waals surface area (Å²) in [7, 11) is 0. The molecule has 0 atom stereocenters. The molecule has 2 rings (SSSR count). The largest absolute Gasteiger partial charge is 0.345 e. The maximum absolute atomic E-state index is 3.97. The molecule has 0 spiro atoms. The number of allylic oxidation sites excluding steroid dienone is 1. The van der Waals surface area contributed by atoms with Crippen LogP contribution < -0.4 is 0 Å².